The van der Waals surface area contributed by atoms with Crippen molar-refractivity contribution in [2.24, 2.45) is 7.05 Å². The predicted molar refractivity (Wildman–Crippen MR) is 106 cm³/mol. The van der Waals surface area contributed by atoms with Gasteiger partial charge >= 0.3 is 0 Å². The second-order valence-corrected chi connectivity index (χ2v) is 6.96. The lowest BCUT2D eigenvalue weighted by molar-refractivity contribution is -0.123. The quantitative estimate of drug-likeness (QED) is 0.648. The fourth-order valence-electron chi connectivity index (χ4n) is 3.26. The molecule has 1 N–H and O–H groups in total. The second-order valence-electron chi connectivity index (χ2n) is 6.96. The van der Waals surface area contributed by atoms with Crippen molar-refractivity contribution in [3.8, 4) is 0 Å². The lowest BCUT2D eigenvalue weighted by atomic mass is 10.2. The van der Waals surface area contributed by atoms with E-state index >= 15 is 0 Å². The van der Waals surface area contributed by atoms with Gasteiger partial charge in [-0.1, -0.05) is 18.2 Å². The summed E-state index contributed by atoms with van der Waals surface area (Å²) in [7, 11) is 1.61. The zero-order valence-corrected chi connectivity index (χ0v) is 16.2. The molecule has 0 fully saturated rings. The van der Waals surface area contributed by atoms with Gasteiger partial charge in [0.05, 0.1) is 17.8 Å². The van der Waals surface area contributed by atoms with Crippen molar-refractivity contribution in [3.05, 3.63) is 40.8 Å². The van der Waals surface area contributed by atoms with Crippen molar-refractivity contribution in [3.63, 3.8) is 0 Å². The summed E-state index contributed by atoms with van der Waals surface area (Å²) in [5, 5.41) is 8.76. The number of para-hydroxylation sites is 1. The summed E-state index contributed by atoms with van der Waals surface area (Å²) in [5.74, 6) is -0.124. The summed E-state index contributed by atoms with van der Waals surface area (Å²) in [6.07, 6.45) is 2.61. The summed E-state index contributed by atoms with van der Waals surface area (Å²) >= 11 is 0. The molecule has 7 nitrogen and oxygen atoms in total. The Labute approximate surface area is 157 Å². The molecule has 0 aliphatic carbocycles. The minimum Gasteiger partial charge on any atom is -0.379 e. The zero-order valence-electron chi connectivity index (χ0n) is 16.2. The van der Waals surface area contributed by atoms with Crippen molar-refractivity contribution in [1.29, 1.82) is 0 Å². The van der Waals surface area contributed by atoms with Crippen molar-refractivity contribution in [2.45, 2.75) is 39.3 Å². The van der Waals surface area contributed by atoms with Crippen LogP contribution in [0.1, 0.15) is 33.2 Å². The van der Waals surface area contributed by atoms with Gasteiger partial charge in [-0.25, -0.2) is 4.68 Å². The Morgan fingerprint density at radius 3 is 2.70 bits per heavy atom. The summed E-state index contributed by atoms with van der Waals surface area (Å²) in [6.45, 7) is 6.92. The number of aromatic nitrogens is 3. The minimum absolute atomic E-state index is 0.124. The molecular formula is C20H26N4O3. The molecule has 0 unspecified atom stereocenters. The summed E-state index contributed by atoms with van der Waals surface area (Å²) in [6, 6.07) is 7.18. The number of carbonyl (C=O) groups is 1. The third kappa shape index (κ3) is 3.73. The van der Waals surface area contributed by atoms with Gasteiger partial charge < -0.3 is 14.6 Å². The standard InChI is InChI=1S/C20H26N4O3/c1-13(2)27-11-7-10-21-19(25)14(3)24-17-9-6-5-8-15(17)16-12-22-23(4)20(26)18(16)24/h5-6,8-9,12-14H,7,10-11H2,1-4H3,(H,21,25)/t14-/m0/s1. The number of carbonyl (C=O) groups excluding carboxylic acids is 1. The molecule has 3 aromatic rings. The van der Waals surface area contributed by atoms with Crippen molar-refractivity contribution in [1.82, 2.24) is 19.7 Å². The van der Waals surface area contributed by atoms with Crippen LogP contribution in [0.25, 0.3) is 21.8 Å². The van der Waals surface area contributed by atoms with Crippen LogP contribution in [0.3, 0.4) is 0 Å². The molecule has 0 radical (unpaired) electrons. The molecule has 0 bridgehead atoms. The molecule has 0 saturated carbocycles. The van der Waals surface area contributed by atoms with Gasteiger partial charge in [0.2, 0.25) is 5.91 Å². The van der Waals surface area contributed by atoms with E-state index in [1.807, 2.05) is 49.6 Å². The average Bonchev–Trinajstić information content (AvgIpc) is 2.98. The Kier molecular flexibility index (Phi) is 5.60. The van der Waals surface area contributed by atoms with Crippen LogP contribution >= 0.6 is 0 Å². The van der Waals surface area contributed by atoms with Crippen LogP contribution in [-0.4, -0.2) is 39.5 Å². The lowest BCUT2D eigenvalue weighted by Crippen LogP contribution is -2.33. The summed E-state index contributed by atoms with van der Waals surface area (Å²) < 4.78 is 8.60. The first-order chi connectivity index (χ1) is 12.9. The topological polar surface area (TPSA) is 78.2 Å². The Morgan fingerprint density at radius 2 is 1.96 bits per heavy atom. The number of aryl methyl sites for hydroxylation is 1. The van der Waals surface area contributed by atoms with Gasteiger partial charge in [-0.3, -0.25) is 9.59 Å². The molecule has 3 rings (SSSR count). The molecule has 0 saturated heterocycles. The molecule has 0 aliphatic rings. The van der Waals surface area contributed by atoms with E-state index in [-0.39, 0.29) is 17.6 Å². The van der Waals surface area contributed by atoms with E-state index in [9.17, 15) is 9.59 Å². The van der Waals surface area contributed by atoms with E-state index in [2.05, 4.69) is 10.4 Å². The van der Waals surface area contributed by atoms with E-state index in [0.29, 0.717) is 18.7 Å². The fraction of sp³-hybridized carbons (Fsp3) is 0.450. The Bertz CT molecular complexity index is 1020. The summed E-state index contributed by atoms with van der Waals surface area (Å²) in [4.78, 5) is 25.5. The van der Waals surface area contributed by atoms with Crippen LogP contribution < -0.4 is 10.9 Å². The van der Waals surface area contributed by atoms with Gasteiger partial charge in [0.1, 0.15) is 11.6 Å². The van der Waals surface area contributed by atoms with Crippen molar-refractivity contribution in [2.75, 3.05) is 13.2 Å². The van der Waals surface area contributed by atoms with E-state index < -0.39 is 6.04 Å². The SMILES string of the molecule is CC(C)OCCCNC(=O)[C@H](C)n1c2ccccc2c2cnn(C)c(=O)c21. The number of amides is 1. The van der Waals surface area contributed by atoms with Gasteiger partial charge in [-0.05, 0) is 33.3 Å². The number of nitrogens with one attached hydrogen (secondary N) is 1. The molecular weight excluding hydrogens is 344 g/mol. The third-order valence-corrected chi connectivity index (χ3v) is 4.64. The Hall–Kier alpha value is -2.67. The number of hydrogen-bond acceptors (Lipinski definition) is 4. The van der Waals surface area contributed by atoms with E-state index in [4.69, 9.17) is 4.74 Å². The van der Waals surface area contributed by atoms with Crippen molar-refractivity contribution >= 4 is 27.7 Å². The highest BCUT2D eigenvalue weighted by Crippen LogP contribution is 2.29. The van der Waals surface area contributed by atoms with Crippen LogP contribution in [0.15, 0.2) is 35.3 Å². The van der Waals surface area contributed by atoms with E-state index in [1.54, 1.807) is 13.2 Å². The number of benzene rings is 1. The van der Waals surface area contributed by atoms with E-state index in [0.717, 1.165) is 22.7 Å². The molecule has 27 heavy (non-hydrogen) atoms. The van der Waals surface area contributed by atoms with Gasteiger partial charge in [0, 0.05) is 31.0 Å². The first-order valence-electron chi connectivity index (χ1n) is 9.26. The minimum atomic E-state index is -0.520. The number of hydrogen-bond donors (Lipinski definition) is 1. The first-order valence-corrected chi connectivity index (χ1v) is 9.26. The van der Waals surface area contributed by atoms with Gasteiger partial charge in [-0.2, -0.15) is 5.10 Å². The molecule has 0 aliphatic heterocycles. The first kappa shape index (κ1) is 19.1. The van der Waals surface area contributed by atoms with Gasteiger partial charge in [0.15, 0.2) is 0 Å². The number of ether oxygens (including phenoxy) is 1. The molecule has 1 amide bonds. The van der Waals surface area contributed by atoms with Crippen LogP contribution in [-0.2, 0) is 16.6 Å². The smallest absolute Gasteiger partial charge is 0.291 e. The molecule has 1 aromatic carbocycles. The molecule has 7 heteroatoms. The monoisotopic (exact) mass is 370 g/mol. The van der Waals surface area contributed by atoms with Crippen LogP contribution in [0.2, 0.25) is 0 Å². The predicted octanol–water partition coefficient (Wildman–Crippen LogP) is 2.38. The average molecular weight is 370 g/mol. The number of fused-ring (bicyclic) bond motifs is 3. The van der Waals surface area contributed by atoms with E-state index in [1.165, 1.54) is 4.68 Å². The second kappa shape index (κ2) is 7.92. The van der Waals surface area contributed by atoms with Gasteiger partial charge in [-0.15, -0.1) is 0 Å². The van der Waals surface area contributed by atoms with Crippen LogP contribution in [0.4, 0.5) is 0 Å². The molecule has 144 valence electrons. The van der Waals surface area contributed by atoms with Crippen molar-refractivity contribution < 1.29 is 9.53 Å². The Morgan fingerprint density at radius 1 is 1.22 bits per heavy atom. The fourth-order valence-corrected chi connectivity index (χ4v) is 3.26. The molecule has 2 aromatic heterocycles. The maximum atomic E-state index is 12.7. The molecule has 1 atom stereocenters. The zero-order chi connectivity index (χ0) is 19.6. The number of nitrogens with zero attached hydrogens (tertiary/aromatic N) is 3. The number of rotatable bonds is 7. The Balaban J connectivity index is 1.91. The summed E-state index contributed by atoms with van der Waals surface area (Å²) in [5.41, 5.74) is 1.14. The molecule has 2 heterocycles. The maximum absolute atomic E-state index is 12.7. The third-order valence-electron chi connectivity index (χ3n) is 4.64. The van der Waals surface area contributed by atoms with Crippen LogP contribution in [0.5, 0.6) is 0 Å². The highest BCUT2D eigenvalue weighted by molar-refractivity contribution is 6.08. The normalized spacial score (nSPS) is 12.8. The highest BCUT2D eigenvalue weighted by atomic mass is 16.5. The molecule has 0 spiro atoms. The van der Waals surface area contributed by atoms with Gasteiger partial charge in [0.25, 0.3) is 5.56 Å². The lowest BCUT2D eigenvalue weighted by Gasteiger charge is -2.17. The van der Waals surface area contributed by atoms with Crippen LogP contribution in [0, 0.1) is 0 Å². The maximum Gasteiger partial charge on any atom is 0.291 e. The highest BCUT2D eigenvalue weighted by Gasteiger charge is 2.22. The largest absolute Gasteiger partial charge is 0.379 e.